The van der Waals surface area contributed by atoms with Crippen LogP contribution in [0.3, 0.4) is 0 Å². The van der Waals surface area contributed by atoms with Gasteiger partial charge in [-0.15, -0.1) is 0 Å². The third-order valence-corrected chi connectivity index (χ3v) is 5.48. The van der Waals surface area contributed by atoms with Crippen molar-refractivity contribution < 1.29 is 28.6 Å². The van der Waals surface area contributed by atoms with Crippen LogP contribution in [0.15, 0.2) is 42.5 Å². The highest BCUT2D eigenvalue weighted by Gasteiger charge is 2.23. The zero-order chi connectivity index (χ0) is 22.2. The minimum atomic E-state index is 0.0203. The third-order valence-electron chi connectivity index (χ3n) is 5.48. The lowest BCUT2D eigenvalue weighted by atomic mass is 10.1. The highest BCUT2D eigenvalue weighted by atomic mass is 16.5. The fraction of sp³-hybridized carbons (Fsp3) is 0.375. The molecule has 1 heterocycles. The quantitative estimate of drug-likeness (QED) is 0.650. The Hall–Kier alpha value is -3.19. The van der Waals surface area contributed by atoms with E-state index in [1.807, 2.05) is 29.2 Å². The fourth-order valence-corrected chi connectivity index (χ4v) is 3.70. The fourth-order valence-electron chi connectivity index (χ4n) is 3.70. The zero-order valence-electron chi connectivity index (χ0n) is 18.6. The number of hydrogen-bond donors (Lipinski definition) is 1. The van der Waals surface area contributed by atoms with Gasteiger partial charge in [-0.2, -0.15) is 0 Å². The van der Waals surface area contributed by atoms with Crippen molar-refractivity contribution in [1.82, 2.24) is 4.90 Å². The number of quaternary nitrogens is 1. The number of carbonyl (C=O) groups excluding carboxylic acids is 1. The second kappa shape index (κ2) is 10.7. The maximum absolute atomic E-state index is 12.6. The van der Waals surface area contributed by atoms with Gasteiger partial charge in [-0.25, -0.2) is 0 Å². The number of rotatable bonds is 8. The Bertz CT molecular complexity index is 898. The van der Waals surface area contributed by atoms with Crippen LogP contribution in [0.2, 0.25) is 0 Å². The summed E-state index contributed by atoms with van der Waals surface area (Å²) in [5, 5.41) is 0. The van der Waals surface area contributed by atoms with Gasteiger partial charge < -0.3 is 28.7 Å². The third kappa shape index (κ3) is 5.92. The van der Waals surface area contributed by atoms with E-state index < -0.39 is 0 Å². The number of benzene rings is 2. The summed E-state index contributed by atoms with van der Waals surface area (Å²) < 4.78 is 21.3. The van der Waals surface area contributed by atoms with Crippen molar-refractivity contribution in [3.8, 4) is 23.0 Å². The van der Waals surface area contributed by atoms with E-state index in [9.17, 15) is 4.79 Å². The van der Waals surface area contributed by atoms with Crippen molar-refractivity contribution in [2.75, 3.05) is 54.6 Å². The van der Waals surface area contributed by atoms with Crippen LogP contribution in [0.5, 0.6) is 23.0 Å². The van der Waals surface area contributed by atoms with E-state index in [1.54, 1.807) is 46.7 Å². The molecule has 1 N–H and O–H groups in total. The van der Waals surface area contributed by atoms with Gasteiger partial charge in [-0.1, -0.05) is 0 Å². The van der Waals surface area contributed by atoms with E-state index in [0.717, 1.165) is 49.8 Å². The smallest absolute Gasteiger partial charge is 0.246 e. The van der Waals surface area contributed by atoms with Crippen LogP contribution in [0, 0.1) is 0 Å². The van der Waals surface area contributed by atoms with Gasteiger partial charge in [0.15, 0.2) is 11.5 Å². The summed E-state index contributed by atoms with van der Waals surface area (Å²) in [7, 11) is 6.50. The van der Waals surface area contributed by atoms with Gasteiger partial charge in [0.2, 0.25) is 5.91 Å². The molecule has 0 unspecified atom stereocenters. The van der Waals surface area contributed by atoms with Gasteiger partial charge in [0, 0.05) is 17.7 Å². The number of methoxy groups -OCH3 is 4. The van der Waals surface area contributed by atoms with Crippen molar-refractivity contribution in [2.45, 2.75) is 6.54 Å². The molecule has 31 heavy (non-hydrogen) atoms. The van der Waals surface area contributed by atoms with Crippen molar-refractivity contribution >= 4 is 12.0 Å². The number of hydrogen-bond acceptors (Lipinski definition) is 5. The summed E-state index contributed by atoms with van der Waals surface area (Å²) in [6.45, 7) is 4.16. The molecule has 1 aliphatic rings. The Balaban J connectivity index is 1.55. The maximum atomic E-state index is 12.6. The number of nitrogens with zero attached hydrogens (tertiary/aromatic N) is 1. The first-order chi connectivity index (χ1) is 15.1. The Morgan fingerprint density at radius 2 is 1.55 bits per heavy atom. The summed E-state index contributed by atoms with van der Waals surface area (Å²) in [5.74, 6) is 2.88. The summed E-state index contributed by atoms with van der Waals surface area (Å²) in [4.78, 5) is 16.0. The van der Waals surface area contributed by atoms with Crippen molar-refractivity contribution in [3.63, 3.8) is 0 Å². The van der Waals surface area contributed by atoms with Gasteiger partial charge >= 0.3 is 0 Å². The molecule has 1 fully saturated rings. The van der Waals surface area contributed by atoms with E-state index in [0.29, 0.717) is 11.5 Å². The minimum absolute atomic E-state index is 0.0203. The lowest BCUT2D eigenvalue weighted by Gasteiger charge is -2.31. The van der Waals surface area contributed by atoms with Gasteiger partial charge in [0.1, 0.15) is 18.0 Å². The SMILES string of the molecule is COc1cc(/C=C/C(=O)N2CC[NH+](Cc3ccc(OC)c(OC)c3)CC2)cc(OC)c1. The summed E-state index contributed by atoms with van der Waals surface area (Å²) in [6, 6.07) is 11.6. The first-order valence-corrected chi connectivity index (χ1v) is 10.3. The number of ether oxygens (including phenoxy) is 4. The molecule has 0 aromatic heterocycles. The molecule has 1 saturated heterocycles. The molecule has 166 valence electrons. The molecule has 7 heteroatoms. The van der Waals surface area contributed by atoms with E-state index >= 15 is 0 Å². The molecular formula is C24H31N2O5+. The average molecular weight is 428 g/mol. The van der Waals surface area contributed by atoms with E-state index in [-0.39, 0.29) is 5.91 Å². The Morgan fingerprint density at radius 1 is 0.903 bits per heavy atom. The van der Waals surface area contributed by atoms with E-state index in [2.05, 4.69) is 6.07 Å². The highest BCUT2D eigenvalue weighted by Crippen LogP contribution is 2.27. The predicted molar refractivity (Wildman–Crippen MR) is 119 cm³/mol. The van der Waals surface area contributed by atoms with Crippen molar-refractivity contribution in [1.29, 1.82) is 0 Å². The number of nitrogens with one attached hydrogen (secondary N) is 1. The highest BCUT2D eigenvalue weighted by molar-refractivity contribution is 5.92. The topological polar surface area (TPSA) is 61.7 Å². The van der Waals surface area contributed by atoms with Crippen LogP contribution in [0.1, 0.15) is 11.1 Å². The molecule has 1 aliphatic heterocycles. The van der Waals surface area contributed by atoms with Gasteiger partial charge in [0.05, 0.1) is 54.6 Å². The number of carbonyl (C=O) groups is 1. The Morgan fingerprint density at radius 3 is 2.13 bits per heavy atom. The van der Waals surface area contributed by atoms with Crippen LogP contribution in [0.25, 0.3) is 6.08 Å². The molecule has 0 spiro atoms. The zero-order valence-corrected chi connectivity index (χ0v) is 18.6. The second-order valence-corrected chi connectivity index (χ2v) is 7.42. The standard InChI is InChI=1S/C24H30N2O5/c1-28-20-13-18(14-21(16-20)29-2)6-8-24(27)26-11-9-25(10-12-26)17-19-5-7-22(30-3)23(15-19)31-4/h5-8,13-16H,9-12,17H2,1-4H3/p+1/b8-6+. The lowest BCUT2D eigenvalue weighted by Crippen LogP contribution is -3.13. The first kappa shape index (κ1) is 22.5. The summed E-state index contributed by atoms with van der Waals surface area (Å²) in [6.07, 6.45) is 3.42. The van der Waals surface area contributed by atoms with Gasteiger partial charge in [-0.3, -0.25) is 4.79 Å². The Kier molecular flexibility index (Phi) is 7.78. The molecule has 7 nitrogen and oxygen atoms in total. The molecular weight excluding hydrogens is 396 g/mol. The molecule has 3 rings (SSSR count). The first-order valence-electron chi connectivity index (χ1n) is 10.3. The molecule has 2 aromatic rings. The lowest BCUT2D eigenvalue weighted by molar-refractivity contribution is -0.917. The predicted octanol–water partition coefficient (Wildman–Crippen LogP) is 1.66. The molecule has 0 radical (unpaired) electrons. The molecule has 0 bridgehead atoms. The number of piperazine rings is 1. The molecule has 2 aromatic carbocycles. The van der Waals surface area contributed by atoms with Gasteiger partial charge in [0.25, 0.3) is 0 Å². The molecule has 0 aliphatic carbocycles. The van der Waals surface area contributed by atoms with E-state index in [1.165, 1.54) is 10.5 Å². The van der Waals surface area contributed by atoms with Crippen LogP contribution in [0.4, 0.5) is 0 Å². The normalized spacial score (nSPS) is 14.5. The van der Waals surface area contributed by atoms with Gasteiger partial charge in [-0.05, 0) is 42.0 Å². The van der Waals surface area contributed by atoms with Crippen LogP contribution in [-0.2, 0) is 11.3 Å². The molecule has 0 atom stereocenters. The van der Waals surface area contributed by atoms with Crippen LogP contribution >= 0.6 is 0 Å². The average Bonchev–Trinajstić information content (AvgIpc) is 2.82. The molecule has 0 saturated carbocycles. The monoisotopic (exact) mass is 427 g/mol. The number of amides is 1. The van der Waals surface area contributed by atoms with Crippen LogP contribution < -0.4 is 23.8 Å². The summed E-state index contributed by atoms with van der Waals surface area (Å²) in [5.41, 5.74) is 2.06. The van der Waals surface area contributed by atoms with Crippen LogP contribution in [-0.4, -0.2) is 65.4 Å². The second-order valence-electron chi connectivity index (χ2n) is 7.42. The van der Waals surface area contributed by atoms with E-state index in [4.69, 9.17) is 18.9 Å². The van der Waals surface area contributed by atoms with Crippen molar-refractivity contribution in [2.24, 2.45) is 0 Å². The minimum Gasteiger partial charge on any atom is -0.497 e. The molecule has 1 amide bonds. The Labute approximate surface area is 183 Å². The maximum Gasteiger partial charge on any atom is 0.246 e. The largest absolute Gasteiger partial charge is 0.497 e. The summed E-state index contributed by atoms with van der Waals surface area (Å²) >= 11 is 0. The van der Waals surface area contributed by atoms with Crippen molar-refractivity contribution in [3.05, 3.63) is 53.6 Å².